The van der Waals surface area contributed by atoms with Crippen LogP contribution < -0.4 is 10.7 Å². The van der Waals surface area contributed by atoms with Crippen molar-refractivity contribution in [2.24, 2.45) is 0 Å². The number of carbonyl (C=O) groups is 1. The number of hydrogen-bond donors (Lipinski definition) is 2. The number of hydrogen-bond acceptors (Lipinski definition) is 7. The van der Waals surface area contributed by atoms with Gasteiger partial charge in [-0.3, -0.25) is 10.2 Å². The first kappa shape index (κ1) is 21.8. The Balaban J connectivity index is 1.71. The number of hydrazine groups is 1. The Bertz CT molecular complexity index is 968. The van der Waals surface area contributed by atoms with Crippen LogP contribution in [0.4, 0.5) is 5.69 Å². The summed E-state index contributed by atoms with van der Waals surface area (Å²) in [4.78, 5) is 12.5. The zero-order chi connectivity index (χ0) is 20.5. The van der Waals surface area contributed by atoms with Gasteiger partial charge in [-0.2, -0.15) is 0 Å². The third-order valence-electron chi connectivity index (χ3n) is 4.75. The molecule has 8 nitrogen and oxygen atoms in total. The molecule has 0 bridgehead atoms. The fraction of sp³-hybridized carbons (Fsp3) is 0.562. The van der Waals surface area contributed by atoms with E-state index in [9.17, 15) is 21.6 Å². The summed E-state index contributed by atoms with van der Waals surface area (Å²) in [6.07, 6.45) is 0.792. The van der Waals surface area contributed by atoms with E-state index in [1.54, 1.807) is 17.1 Å². The Kier molecular flexibility index (Phi) is 6.58. The van der Waals surface area contributed by atoms with E-state index < -0.39 is 31.6 Å². The predicted molar refractivity (Wildman–Crippen MR) is 109 cm³/mol. The first-order valence-corrected chi connectivity index (χ1v) is 13.1. The quantitative estimate of drug-likeness (QED) is 0.599. The number of benzene rings is 1. The van der Waals surface area contributed by atoms with Crippen molar-refractivity contribution in [3.05, 3.63) is 28.2 Å². The van der Waals surface area contributed by atoms with E-state index in [-0.39, 0.29) is 35.6 Å². The van der Waals surface area contributed by atoms with Crippen molar-refractivity contribution in [3.63, 3.8) is 0 Å². The SMILES string of the molecule is O=C(CN(NC1CCS(=O)(=O)C1)C1CCS(=O)(=O)C1)Nc1cc(Cl)ccc1Cl. The molecule has 0 aromatic heterocycles. The summed E-state index contributed by atoms with van der Waals surface area (Å²) in [6, 6.07) is 3.91. The van der Waals surface area contributed by atoms with Gasteiger partial charge in [0.1, 0.15) is 0 Å². The molecule has 2 aliphatic rings. The maximum Gasteiger partial charge on any atom is 0.240 e. The van der Waals surface area contributed by atoms with Crippen LogP contribution in [-0.4, -0.2) is 69.4 Å². The van der Waals surface area contributed by atoms with E-state index in [1.807, 2.05) is 0 Å². The van der Waals surface area contributed by atoms with E-state index in [0.29, 0.717) is 28.6 Å². The van der Waals surface area contributed by atoms with Crippen LogP contribution in [0.25, 0.3) is 0 Å². The zero-order valence-corrected chi connectivity index (χ0v) is 18.0. The van der Waals surface area contributed by atoms with Gasteiger partial charge in [0.2, 0.25) is 5.91 Å². The molecule has 2 N–H and O–H groups in total. The number of rotatable bonds is 6. The Morgan fingerprint density at radius 2 is 1.75 bits per heavy atom. The molecule has 0 radical (unpaired) electrons. The number of anilines is 1. The van der Waals surface area contributed by atoms with Gasteiger partial charge in [0.25, 0.3) is 0 Å². The van der Waals surface area contributed by atoms with Crippen LogP contribution >= 0.6 is 23.2 Å². The summed E-state index contributed by atoms with van der Waals surface area (Å²) in [5.74, 6) is -0.413. The Hall–Kier alpha value is -0.910. The normalized spacial score (nSPS) is 25.8. The minimum Gasteiger partial charge on any atom is -0.324 e. The summed E-state index contributed by atoms with van der Waals surface area (Å²) >= 11 is 12.0. The molecule has 2 heterocycles. The highest BCUT2D eigenvalue weighted by atomic mass is 35.5. The number of sulfone groups is 2. The Morgan fingerprint density at radius 1 is 1.07 bits per heavy atom. The molecule has 28 heavy (non-hydrogen) atoms. The van der Waals surface area contributed by atoms with Crippen molar-refractivity contribution in [3.8, 4) is 0 Å². The van der Waals surface area contributed by atoms with Crippen LogP contribution in [0.5, 0.6) is 0 Å². The molecule has 2 aliphatic heterocycles. The second-order valence-corrected chi connectivity index (χ2v) is 12.4. The highest BCUT2D eigenvalue weighted by Crippen LogP contribution is 2.25. The Morgan fingerprint density at radius 3 is 2.36 bits per heavy atom. The van der Waals surface area contributed by atoms with E-state index >= 15 is 0 Å². The van der Waals surface area contributed by atoms with Crippen LogP contribution in [0.3, 0.4) is 0 Å². The predicted octanol–water partition coefficient (Wildman–Crippen LogP) is 1.11. The van der Waals surface area contributed by atoms with Gasteiger partial charge in [-0.25, -0.2) is 21.8 Å². The molecular formula is C16H21Cl2N3O5S2. The van der Waals surface area contributed by atoms with E-state index in [2.05, 4.69) is 10.7 Å². The third-order valence-corrected chi connectivity index (χ3v) is 8.83. The summed E-state index contributed by atoms with van der Waals surface area (Å²) in [5, 5.41) is 4.94. The van der Waals surface area contributed by atoms with Gasteiger partial charge in [-0.15, -0.1) is 0 Å². The average molecular weight is 470 g/mol. The molecule has 2 unspecified atom stereocenters. The minimum atomic E-state index is -3.17. The van der Waals surface area contributed by atoms with Gasteiger partial charge >= 0.3 is 0 Å². The van der Waals surface area contributed by atoms with E-state index in [1.165, 1.54) is 6.07 Å². The lowest BCUT2D eigenvalue weighted by molar-refractivity contribution is -0.118. The van der Waals surface area contributed by atoms with Gasteiger partial charge in [0, 0.05) is 17.1 Å². The number of carbonyl (C=O) groups excluding carboxylic acids is 1. The molecule has 156 valence electrons. The summed E-state index contributed by atoms with van der Waals surface area (Å²) in [6.45, 7) is -0.153. The van der Waals surface area contributed by atoms with Crippen molar-refractivity contribution in [2.75, 3.05) is 34.9 Å². The third kappa shape index (κ3) is 5.80. The smallest absolute Gasteiger partial charge is 0.240 e. The van der Waals surface area contributed by atoms with Crippen molar-refractivity contribution in [2.45, 2.75) is 24.9 Å². The lowest BCUT2D eigenvalue weighted by atomic mass is 10.2. The van der Waals surface area contributed by atoms with E-state index in [4.69, 9.17) is 23.2 Å². The molecule has 1 aromatic carbocycles. The van der Waals surface area contributed by atoms with Crippen molar-refractivity contribution >= 4 is 54.5 Å². The summed E-state index contributed by atoms with van der Waals surface area (Å²) in [7, 11) is -6.29. The highest BCUT2D eigenvalue weighted by molar-refractivity contribution is 7.91. The number of amides is 1. The lowest BCUT2D eigenvalue weighted by Crippen LogP contribution is -2.54. The molecule has 1 amide bonds. The standard InChI is InChI=1S/C16H21Cl2N3O5S2/c17-11-1-2-14(18)15(7-11)19-16(22)8-21(13-4-6-28(25,26)10-13)20-12-3-5-27(23,24)9-12/h1-2,7,12-13,20H,3-6,8-10H2,(H,19,22). The maximum atomic E-state index is 12.5. The van der Waals surface area contributed by atoms with Gasteiger partial charge in [-0.05, 0) is 31.0 Å². The Labute approximate surface area is 174 Å². The molecule has 1 aromatic rings. The highest BCUT2D eigenvalue weighted by Gasteiger charge is 2.36. The lowest BCUT2D eigenvalue weighted by Gasteiger charge is -2.30. The zero-order valence-electron chi connectivity index (χ0n) is 14.9. The first-order chi connectivity index (χ1) is 13.0. The van der Waals surface area contributed by atoms with Gasteiger partial charge in [0.05, 0.1) is 40.3 Å². The largest absolute Gasteiger partial charge is 0.324 e. The number of halogens is 2. The maximum absolute atomic E-state index is 12.5. The topological polar surface area (TPSA) is 113 Å². The van der Waals surface area contributed by atoms with Gasteiger partial charge in [0.15, 0.2) is 19.7 Å². The van der Waals surface area contributed by atoms with Crippen molar-refractivity contribution < 1.29 is 21.6 Å². The van der Waals surface area contributed by atoms with E-state index in [0.717, 1.165) is 0 Å². The molecule has 0 saturated carbocycles. The van der Waals surface area contributed by atoms with Crippen LogP contribution in [-0.2, 0) is 24.5 Å². The molecule has 0 spiro atoms. The number of nitrogens with one attached hydrogen (secondary N) is 2. The summed E-state index contributed by atoms with van der Waals surface area (Å²) < 4.78 is 47.2. The van der Waals surface area contributed by atoms with Gasteiger partial charge < -0.3 is 5.32 Å². The molecule has 2 atom stereocenters. The van der Waals surface area contributed by atoms with Crippen LogP contribution in [0.1, 0.15) is 12.8 Å². The monoisotopic (exact) mass is 469 g/mol. The van der Waals surface area contributed by atoms with Crippen molar-refractivity contribution in [1.29, 1.82) is 0 Å². The molecule has 0 aliphatic carbocycles. The van der Waals surface area contributed by atoms with Crippen LogP contribution in [0.15, 0.2) is 18.2 Å². The summed E-state index contributed by atoms with van der Waals surface area (Å²) in [5.41, 5.74) is 3.41. The number of nitrogens with zero attached hydrogens (tertiary/aromatic N) is 1. The first-order valence-electron chi connectivity index (χ1n) is 8.71. The van der Waals surface area contributed by atoms with Gasteiger partial charge in [-0.1, -0.05) is 23.2 Å². The second-order valence-electron chi connectivity index (χ2n) is 7.09. The molecule has 3 rings (SSSR count). The molecule has 12 heteroatoms. The van der Waals surface area contributed by atoms with Crippen LogP contribution in [0.2, 0.25) is 10.0 Å². The molecule has 2 saturated heterocycles. The minimum absolute atomic E-state index is 0.0370. The fourth-order valence-corrected chi connectivity index (χ4v) is 7.10. The fourth-order valence-electron chi connectivity index (χ4n) is 3.37. The van der Waals surface area contributed by atoms with Crippen LogP contribution in [0, 0.1) is 0 Å². The average Bonchev–Trinajstić information content (AvgIpc) is 3.11. The molecular weight excluding hydrogens is 449 g/mol. The second kappa shape index (κ2) is 8.45. The molecule has 2 fully saturated rings. The van der Waals surface area contributed by atoms with Crippen molar-refractivity contribution in [1.82, 2.24) is 10.4 Å².